The molecule has 0 heterocycles. The molecule has 0 aromatic heterocycles. The number of nitrogens with zero attached hydrogens (tertiary/aromatic N) is 1. The number of allylic oxidation sites excluding steroid dienone is 3. The summed E-state index contributed by atoms with van der Waals surface area (Å²) in [6, 6.07) is 0. The first kappa shape index (κ1) is 14.6. The van der Waals surface area contributed by atoms with Crippen LogP contribution in [0.3, 0.4) is 0 Å². The van der Waals surface area contributed by atoms with E-state index < -0.39 is 0 Å². The second kappa shape index (κ2) is 7.88. The Bertz CT molecular complexity index is 311. The normalized spacial score (nSPS) is 15.5. The van der Waals surface area contributed by atoms with Crippen molar-refractivity contribution in [3.05, 3.63) is 35.5 Å². The molecule has 0 saturated heterocycles. The molecule has 0 aliphatic carbocycles. The van der Waals surface area contributed by atoms with Crippen LogP contribution in [0.4, 0.5) is 0 Å². The minimum Gasteiger partial charge on any atom is -0.390 e. The number of nitrogens with one attached hydrogen (secondary N) is 1. The van der Waals surface area contributed by atoms with Gasteiger partial charge in [-0.3, -0.25) is 10.3 Å². The van der Waals surface area contributed by atoms with Crippen molar-refractivity contribution in [2.45, 2.75) is 33.9 Å². The van der Waals surface area contributed by atoms with Gasteiger partial charge in [0.05, 0.1) is 6.34 Å². The van der Waals surface area contributed by atoms with Crippen LogP contribution in [0.1, 0.15) is 27.7 Å². The Morgan fingerprint density at radius 1 is 1.44 bits per heavy atom. The zero-order valence-corrected chi connectivity index (χ0v) is 10.7. The number of nitrogens with two attached hydrogens (primary N) is 1. The summed E-state index contributed by atoms with van der Waals surface area (Å²) < 4.78 is 0. The highest BCUT2D eigenvalue weighted by molar-refractivity contribution is 5.52. The molecule has 3 nitrogen and oxygen atoms in total. The van der Waals surface area contributed by atoms with Crippen molar-refractivity contribution in [2.24, 2.45) is 10.7 Å². The molecule has 0 aromatic carbocycles. The summed E-state index contributed by atoms with van der Waals surface area (Å²) >= 11 is 0. The summed E-state index contributed by atoms with van der Waals surface area (Å²) in [7, 11) is 0. The zero-order chi connectivity index (χ0) is 12.6. The number of aliphatic imine (C=N–C) groups is 1. The highest BCUT2D eigenvalue weighted by atomic mass is 15.1. The molecule has 0 rings (SSSR count). The lowest BCUT2D eigenvalue weighted by Crippen LogP contribution is -2.30. The quantitative estimate of drug-likeness (QED) is 0.313. The maximum Gasteiger partial charge on any atom is 0.123 e. The van der Waals surface area contributed by atoms with Crippen molar-refractivity contribution < 1.29 is 0 Å². The van der Waals surface area contributed by atoms with Gasteiger partial charge in [-0.1, -0.05) is 29.9 Å². The van der Waals surface area contributed by atoms with E-state index in [2.05, 4.69) is 29.9 Å². The van der Waals surface area contributed by atoms with Gasteiger partial charge in [0.1, 0.15) is 6.17 Å². The Morgan fingerprint density at radius 3 is 2.50 bits per heavy atom. The third kappa shape index (κ3) is 6.19. The minimum atomic E-state index is -0.0385. The van der Waals surface area contributed by atoms with Crippen molar-refractivity contribution in [2.75, 3.05) is 6.54 Å². The van der Waals surface area contributed by atoms with Crippen molar-refractivity contribution in [3.8, 4) is 0 Å². The van der Waals surface area contributed by atoms with Crippen LogP contribution in [0.5, 0.6) is 0 Å². The highest BCUT2D eigenvalue weighted by Crippen LogP contribution is 2.04. The van der Waals surface area contributed by atoms with E-state index in [0.29, 0.717) is 0 Å². The summed E-state index contributed by atoms with van der Waals surface area (Å²) in [5.41, 5.74) is 8.77. The van der Waals surface area contributed by atoms with Crippen molar-refractivity contribution >= 4 is 6.34 Å². The number of hydrogen-bond donors (Lipinski definition) is 2. The van der Waals surface area contributed by atoms with E-state index in [-0.39, 0.29) is 6.17 Å². The molecule has 3 N–H and O–H groups in total. The standard InChI is InChI=1S/C13H23N3/c1-6-12(5)13(16-9-14)15-8-11(4)7-10(2)3/h6-7,9,13,15H,2,8H2,1,3-5H3,(H2,14,16)/b11-7+,12-6+. The largest absolute Gasteiger partial charge is 0.390 e. The maximum atomic E-state index is 5.32. The van der Waals surface area contributed by atoms with Gasteiger partial charge < -0.3 is 5.73 Å². The van der Waals surface area contributed by atoms with Gasteiger partial charge in [-0.15, -0.1) is 0 Å². The van der Waals surface area contributed by atoms with E-state index in [9.17, 15) is 0 Å². The van der Waals surface area contributed by atoms with E-state index in [1.54, 1.807) is 0 Å². The smallest absolute Gasteiger partial charge is 0.123 e. The van der Waals surface area contributed by atoms with Crippen LogP contribution in [-0.4, -0.2) is 19.0 Å². The Balaban J connectivity index is 4.39. The van der Waals surface area contributed by atoms with Gasteiger partial charge in [0.2, 0.25) is 0 Å². The second-order valence-electron chi connectivity index (χ2n) is 3.95. The number of rotatable bonds is 6. The molecular weight excluding hydrogens is 198 g/mol. The van der Waals surface area contributed by atoms with E-state index in [1.165, 1.54) is 11.9 Å². The fraction of sp³-hybridized carbons (Fsp3) is 0.462. The summed E-state index contributed by atoms with van der Waals surface area (Å²) in [5.74, 6) is 0. The van der Waals surface area contributed by atoms with Gasteiger partial charge >= 0.3 is 0 Å². The molecule has 0 saturated carbocycles. The van der Waals surface area contributed by atoms with Crippen molar-refractivity contribution in [3.63, 3.8) is 0 Å². The third-order valence-corrected chi connectivity index (χ3v) is 2.19. The lowest BCUT2D eigenvalue weighted by atomic mass is 10.2. The van der Waals surface area contributed by atoms with Crippen LogP contribution < -0.4 is 11.1 Å². The second-order valence-corrected chi connectivity index (χ2v) is 3.95. The number of hydrogen-bond acceptors (Lipinski definition) is 2. The molecule has 0 aliphatic rings. The average molecular weight is 221 g/mol. The predicted octanol–water partition coefficient (Wildman–Crippen LogP) is 2.38. The van der Waals surface area contributed by atoms with Gasteiger partial charge in [-0.25, -0.2) is 0 Å². The molecule has 0 aliphatic heterocycles. The van der Waals surface area contributed by atoms with Gasteiger partial charge in [-0.05, 0) is 33.3 Å². The summed E-state index contributed by atoms with van der Waals surface area (Å²) in [4.78, 5) is 4.17. The van der Waals surface area contributed by atoms with Gasteiger partial charge in [0.25, 0.3) is 0 Å². The fourth-order valence-corrected chi connectivity index (χ4v) is 1.30. The van der Waals surface area contributed by atoms with Crippen LogP contribution in [0.2, 0.25) is 0 Å². The zero-order valence-electron chi connectivity index (χ0n) is 10.7. The van der Waals surface area contributed by atoms with Gasteiger partial charge in [0, 0.05) is 6.54 Å². The fourth-order valence-electron chi connectivity index (χ4n) is 1.30. The first-order valence-corrected chi connectivity index (χ1v) is 5.43. The molecule has 0 fully saturated rings. The third-order valence-electron chi connectivity index (χ3n) is 2.19. The lowest BCUT2D eigenvalue weighted by Gasteiger charge is -2.15. The molecule has 3 heteroatoms. The Labute approximate surface area is 98.8 Å². The molecular formula is C13H23N3. The van der Waals surface area contributed by atoms with Crippen LogP contribution in [0.15, 0.2) is 40.4 Å². The average Bonchev–Trinajstić information content (AvgIpc) is 2.22. The molecule has 1 unspecified atom stereocenters. The van der Waals surface area contributed by atoms with E-state index in [1.807, 2.05) is 26.8 Å². The van der Waals surface area contributed by atoms with E-state index >= 15 is 0 Å². The van der Waals surface area contributed by atoms with E-state index in [4.69, 9.17) is 5.73 Å². The summed E-state index contributed by atoms with van der Waals surface area (Å²) in [6.07, 6.45) is 5.38. The van der Waals surface area contributed by atoms with E-state index in [0.717, 1.165) is 17.7 Å². The van der Waals surface area contributed by atoms with Crippen LogP contribution in [0.25, 0.3) is 0 Å². The highest BCUT2D eigenvalue weighted by Gasteiger charge is 2.05. The monoisotopic (exact) mass is 221 g/mol. The lowest BCUT2D eigenvalue weighted by molar-refractivity contribution is 0.621. The Kier molecular flexibility index (Phi) is 7.21. The molecule has 0 spiro atoms. The molecule has 0 bridgehead atoms. The van der Waals surface area contributed by atoms with Gasteiger partial charge in [0.15, 0.2) is 0 Å². The predicted molar refractivity (Wildman–Crippen MR) is 72.5 cm³/mol. The first-order valence-electron chi connectivity index (χ1n) is 5.43. The summed E-state index contributed by atoms with van der Waals surface area (Å²) in [6.45, 7) is 12.7. The topological polar surface area (TPSA) is 50.4 Å². The molecule has 0 radical (unpaired) electrons. The SMILES string of the molecule is C=C(C)/C=C(\C)CNC(/N=C\N)/C(C)=C/C. The van der Waals surface area contributed by atoms with Crippen LogP contribution in [-0.2, 0) is 0 Å². The van der Waals surface area contributed by atoms with Gasteiger partial charge in [-0.2, -0.15) is 0 Å². The molecule has 90 valence electrons. The minimum absolute atomic E-state index is 0.0385. The maximum absolute atomic E-state index is 5.32. The first-order chi connectivity index (χ1) is 7.51. The van der Waals surface area contributed by atoms with Crippen LogP contribution in [0, 0.1) is 0 Å². The Hall–Kier alpha value is -1.35. The molecule has 1 atom stereocenters. The summed E-state index contributed by atoms with van der Waals surface area (Å²) in [5, 5.41) is 3.32. The van der Waals surface area contributed by atoms with Crippen molar-refractivity contribution in [1.29, 1.82) is 0 Å². The Morgan fingerprint density at radius 2 is 2.06 bits per heavy atom. The molecule has 0 aromatic rings. The van der Waals surface area contributed by atoms with Crippen LogP contribution >= 0.6 is 0 Å². The molecule has 16 heavy (non-hydrogen) atoms. The van der Waals surface area contributed by atoms with Crippen molar-refractivity contribution in [1.82, 2.24) is 5.32 Å². The molecule has 0 amide bonds.